The van der Waals surface area contributed by atoms with Crippen LogP contribution in [0.3, 0.4) is 0 Å². The highest BCUT2D eigenvalue weighted by Gasteiger charge is 2.05. The third kappa shape index (κ3) is 2.24. The number of hydrogen-bond donors (Lipinski definition) is 1. The van der Waals surface area contributed by atoms with Crippen LogP contribution >= 0.6 is 0 Å². The number of aromatic nitrogens is 1. The smallest absolute Gasteiger partial charge is 0.101 e. The average Bonchev–Trinajstić information content (AvgIpc) is 2.26. The summed E-state index contributed by atoms with van der Waals surface area (Å²) in [5.41, 5.74) is 1.26. The third-order valence-electron chi connectivity index (χ3n) is 1.88. The van der Waals surface area contributed by atoms with Gasteiger partial charge in [-0.2, -0.15) is 5.26 Å². The molecule has 1 rings (SSSR count). The molecular formula is C11H11N3. The normalized spacial score (nSPS) is 11.1. The third-order valence-corrected chi connectivity index (χ3v) is 1.88. The second kappa shape index (κ2) is 4.89. The van der Waals surface area contributed by atoms with Gasteiger partial charge in [0.1, 0.15) is 6.07 Å². The first-order valence-electron chi connectivity index (χ1n) is 4.38. The van der Waals surface area contributed by atoms with Crippen LogP contribution in [0.2, 0.25) is 0 Å². The molecule has 1 atom stereocenters. The molecule has 1 heterocycles. The molecule has 70 valence electrons. The highest BCUT2D eigenvalue weighted by atomic mass is 14.9. The molecular weight excluding hydrogens is 174 g/mol. The second-order valence-electron chi connectivity index (χ2n) is 2.80. The lowest BCUT2D eigenvalue weighted by Crippen LogP contribution is -2.16. The molecule has 1 aromatic rings. The Morgan fingerprint density at radius 3 is 3.07 bits per heavy atom. The van der Waals surface area contributed by atoms with Crippen molar-refractivity contribution < 1.29 is 0 Å². The van der Waals surface area contributed by atoms with Crippen molar-refractivity contribution in [3.63, 3.8) is 0 Å². The van der Waals surface area contributed by atoms with Gasteiger partial charge < -0.3 is 5.32 Å². The fourth-order valence-corrected chi connectivity index (χ4v) is 1.06. The molecule has 0 aromatic carbocycles. The summed E-state index contributed by atoms with van der Waals surface area (Å²) >= 11 is 0. The van der Waals surface area contributed by atoms with E-state index in [0.717, 1.165) is 6.42 Å². The van der Waals surface area contributed by atoms with Gasteiger partial charge in [0.15, 0.2) is 0 Å². The zero-order valence-electron chi connectivity index (χ0n) is 7.99. The van der Waals surface area contributed by atoms with E-state index in [-0.39, 0.29) is 6.04 Å². The fourth-order valence-electron chi connectivity index (χ4n) is 1.06. The summed E-state index contributed by atoms with van der Waals surface area (Å²) in [6, 6.07) is 3.69. The molecule has 3 nitrogen and oxygen atoms in total. The molecule has 0 amide bonds. The van der Waals surface area contributed by atoms with Crippen LogP contribution in [0.15, 0.2) is 18.5 Å². The Bertz CT molecular complexity index is 384. The molecule has 1 unspecified atom stereocenters. The highest BCUT2D eigenvalue weighted by Crippen LogP contribution is 2.13. The molecule has 0 aliphatic heterocycles. The molecule has 3 heteroatoms. The van der Waals surface area contributed by atoms with E-state index in [2.05, 4.69) is 22.3 Å². The first-order chi connectivity index (χ1) is 6.81. The van der Waals surface area contributed by atoms with E-state index in [1.807, 2.05) is 6.92 Å². The largest absolute Gasteiger partial charge is 0.369 e. The van der Waals surface area contributed by atoms with Crippen molar-refractivity contribution in [1.82, 2.24) is 4.98 Å². The van der Waals surface area contributed by atoms with Gasteiger partial charge in [0.2, 0.25) is 0 Å². The van der Waals surface area contributed by atoms with E-state index in [4.69, 9.17) is 11.7 Å². The summed E-state index contributed by atoms with van der Waals surface area (Å²) in [6.07, 6.45) is 9.32. The summed E-state index contributed by atoms with van der Waals surface area (Å²) in [5.74, 6) is 2.60. The molecule has 0 saturated heterocycles. The lowest BCUT2D eigenvalue weighted by atomic mass is 10.2. The second-order valence-corrected chi connectivity index (χ2v) is 2.80. The number of terminal acetylenes is 1. The first kappa shape index (κ1) is 10.1. The Labute approximate surface area is 83.8 Å². The van der Waals surface area contributed by atoms with Crippen molar-refractivity contribution in [2.75, 3.05) is 5.32 Å². The van der Waals surface area contributed by atoms with Gasteiger partial charge in [-0.05, 0) is 12.5 Å². The van der Waals surface area contributed by atoms with Crippen LogP contribution in [0.4, 0.5) is 5.69 Å². The van der Waals surface area contributed by atoms with E-state index < -0.39 is 0 Å². The fraction of sp³-hybridized carbons (Fsp3) is 0.273. The summed E-state index contributed by atoms with van der Waals surface area (Å²) in [4.78, 5) is 3.93. The molecule has 0 radical (unpaired) electrons. The standard InChI is InChI=1S/C11H11N3/c1-3-10(4-2)14-11-8-13-6-5-9(11)7-12/h1,5-6,8,10,14H,4H2,2H3. The molecule has 0 spiro atoms. The van der Waals surface area contributed by atoms with E-state index in [9.17, 15) is 0 Å². The van der Waals surface area contributed by atoms with Gasteiger partial charge in [-0.15, -0.1) is 6.42 Å². The zero-order chi connectivity index (χ0) is 10.4. The highest BCUT2D eigenvalue weighted by molar-refractivity contribution is 5.56. The van der Waals surface area contributed by atoms with Crippen LogP contribution in [-0.2, 0) is 0 Å². The van der Waals surface area contributed by atoms with Gasteiger partial charge in [-0.1, -0.05) is 12.8 Å². The minimum absolute atomic E-state index is 0.0497. The number of hydrogen-bond acceptors (Lipinski definition) is 3. The summed E-state index contributed by atoms with van der Waals surface area (Å²) in [7, 11) is 0. The molecule has 1 aromatic heterocycles. The maximum Gasteiger partial charge on any atom is 0.101 e. The number of anilines is 1. The SMILES string of the molecule is C#CC(CC)Nc1cnccc1C#N. The number of nitriles is 1. The van der Waals surface area contributed by atoms with Crippen molar-refractivity contribution in [3.05, 3.63) is 24.0 Å². The predicted octanol–water partition coefficient (Wildman–Crippen LogP) is 1.78. The van der Waals surface area contributed by atoms with Crippen LogP contribution in [-0.4, -0.2) is 11.0 Å². The zero-order valence-corrected chi connectivity index (χ0v) is 7.99. The summed E-state index contributed by atoms with van der Waals surface area (Å²) in [5, 5.41) is 11.9. The van der Waals surface area contributed by atoms with Crippen LogP contribution < -0.4 is 5.32 Å². The predicted molar refractivity (Wildman–Crippen MR) is 55.5 cm³/mol. The average molecular weight is 185 g/mol. The van der Waals surface area contributed by atoms with Crippen molar-refractivity contribution >= 4 is 5.69 Å². The van der Waals surface area contributed by atoms with Gasteiger partial charge in [-0.25, -0.2) is 0 Å². The van der Waals surface area contributed by atoms with E-state index in [1.165, 1.54) is 0 Å². The van der Waals surface area contributed by atoms with Crippen LogP contribution in [0.1, 0.15) is 18.9 Å². The Morgan fingerprint density at radius 1 is 1.71 bits per heavy atom. The molecule has 0 aliphatic rings. The Morgan fingerprint density at radius 2 is 2.50 bits per heavy atom. The topological polar surface area (TPSA) is 48.7 Å². The van der Waals surface area contributed by atoms with Crippen molar-refractivity contribution in [2.24, 2.45) is 0 Å². The minimum atomic E-state index is -0.0497. The van der Waals surface area contributed by atoms with Crippen molar-refractivity contribution in [2.45, 2.75) is 19.4 Å². The van der Waals surface area contributed by atoms with Gasteiger partial charge in [0, 0.05) is 6.20 Å². The first-order valence-corrected chi connectivity index (χ1v) is 4.38. The molecule has 14 heavy (non-hydrogen) atoms. The maximum atomic E-state index is 8.81. The number of nitrogens with one attached hydrogen (secondary N) is 1. The quantitative estimate of drug-likeness (QED) is 0.730. The van der Waals surface area contributed by atoms with Crippen molar-refractivity contribution in [1.29, 1.82) is 5.26 Å². The van der Waals surface area contributed by atoms with Crippen LogP contribution in [0.5, 0.6) is 0 Å². The van der Waals surface area contributed by atoms with E-state index >= 15 is 0 Å². The van der Waals surface area contributed by atoms with Gasteiger partial charge in [0.05, 0.1) is 23.5 Å². The Balaban J connectivity index is 2.87. The Kier molecular flexibility index (Phi) is 3.52. The lowest BCUT2D eigenvalue weighted by Gasteiger charge is -2.12. The van der Waals surface area contributed by atoms with Crippen LogP contribution in [0, 0.1) is 23.7 Å². The molecule has 1 N–H and O–H groups in total. The number of rotatable bonds is 3. The molecule has 0 saturated carbocycles. The van der Waals surface area contributed by atoms with Gasteiger partial charge in [-0.3, -0.25) is 4.98 Å². The molecule has 0 bridgehead atoms. The summed E-state index contributed by atoms with van der Waals surface area (Å²) < 4.78 is 0. The van der Waals surface area contributed by atoms with E-state index in [0.29, 0.717) is 11.3 Å². The Hall–Kier alpha value is -2.00. The molecule has 0 aliphatic carbocycles. The number of pyridine rings is 1. The van der Waals surface area contributed by atoms with Crippen molar-refractivity contribution in [3.8, 4) is 18.4 Å². The number of nitrogens with zero attached hydrogens (tertiary/aromatic N) is 2. The van der Waals surface area contributed by atoms with Crippen LogP contribution in [0.25, 0.3) is 0 Å². The van der Waals surface area contributed by atoms with E-state index in [1.54, 1.807) is 18.5 Å². The van der Waals surface area contributed by atoms with Gasteiger partial charge in [0.25, 0.3) is 0 Å². The monoisotopic (exact) mass is 185 g/mol. The lowest BCUT2D eigenvalue weighted by molar-refractivity contribution is 0.856. The molecule has 0 fully saturated rings. The van der Waals surface area contributed by atoms with Gasteiger partial charge >= 0.3 is 0 Å². The maximum absolute atomic E-state index is 8.81. The minimum Gasteiger partial charge on any atom is -0.369 e. The summed E-state index contributed by atoms with van der Waals surface area (Å²) in [6.45, 7) is 1.99.